The van der Waals surface area contributed by atoms with Gasteiger partial charge in [-0.15, -0.1) is 0 Å². The van der Waals surface area contributed by atoms with Crippen LogP contribution in [0, 0.1) is 0 Å². The summed E-state index contributed by atoms with van der Waals surface area (Å²) in [6.45, 7) is 3.87. The first-order chi connectivity index (χ1) is 11.4. The molecule has 132 valence electrons. The van der Waals surface area contributed by atoms with Crippen LogP contribution in [0.25, 0.3) is 0 Å². The topological polar surface area (TPSA) is 78.5 Å². The van der Waals surface area contributed by atoms with Gasteiger partial charge in [0.25, 0.3) is 5.91 Å². The third kappa shape index (κ3) is 6.02. The van der Waals surface area contributed by atoms with Gasteiger partial charge in [0.15, 0.2) is 0 Å². The second-order valence-corrected chi connectivity index (χ2v) is 5.87. The average molecular weight is 333 g/mol. The van der Waals surface area contributed by atoms with E-state index in [1.165, 1.54) is 0 Å². The largest absolute Gasteiger partial charge is 0.359 e. The lowest BCUT2D eigenvalue weighted by atomic mass is 10.1. The van der Waals surface area contributed by atoms with Crippen LogP contribution in [0.5, 0.6) is 0 Å². The van der Waals surface area contributed by atoms with E-state index >= 15 is 0 Å². The van der Waals surface area contributed by atoms with Gasteiger partial charge in [-0.25, -0.2) is 0 Å². The molecule has 0 saturated carbocycles. The number of carbonyl (C=O) groups excluding carboxylic acids is 3. The number of rotatable bonds is 8. The molecule has 1 aromatic rings. The predicted octanol–water partition coefficient (Wildman–Crippen LogP) is 2.41. The molecule has 0 aliphatic heterocycles. The molecule has 0 aromatic heterocycles. The highest BCUT2D eigenvalue weighted by atomic mass is 16.2. The van der Waals surface area contributed by atoms with Crippen LogP contribution in [-0.4, -0.2) is 42.8 Å². The minimum atomic E-state index is -0.203. The SMILES string of the molecule is CCCCC(=O)Nc1ccc(C(=O)N(C)[C@@H](C)CC(=O)NC)cc1. The summed E-state index contributed by atoms with van der Waals surface area (Å²) >= 11 is 0. The summed E-state index contributed by atoms with van der Waals surface area (Å²) in [5.41, 5.74) is 1.20. The fraction of sp³-hybridized carbons (Fsp3) is 0.500. The maximum atomic E-state index is 12.4. The molecular weight excluding hydrogens is 306 g/mol. The first-order valence-electron chi connectivity index (χ1n) is 8.26. The molecule has 6 nitrogen and oxygen atoms in total. The van der Waals surface area contributed by atoms with Crippen molar-refractivity contribution >= 4 is 23.4 Å². The Morgan fingerprint density at radius 1 is 1.12 bits per heavy atom. The molecule has 1 atom stereocenters. The number of nitrogens with zero attached hydrogens (tertiary/aromatic N) is 1. The van der Waals surface area contributed by atoms with Crippen LogP contribution in [0.4, 0.5) is 5.69 Å². The zero-order valence-electron chi connectivity index (χ0n) is 14.9. The van der Waals surface area contributed by atoms with E-state index in [-0.39, 0.29) is 30.2 Å². The number of unbranched alkanes of at least 4 members (excludes halogenated alkanes) is 1. The summed E-state index contributed by atoms with van der Waals surface area (Å²) in [7, 11) is 3.25. The lowest BCUT2D eigenvalue weighted by Gasteiger charge is -2.24. The molecule has 3 amide bonds. The molecule has 1 rings (SSSR count). The van der Waals surface area contributed by atoms with Crippen molar-refractivity contribution in [1.82, 2.24) is 10.2 Å². The van der Waals surface area contributed by atoms with Crippen molar-refractivity contribution in [2.45, 2.75) is 45.6 Å². The quantitative estimate of drug-likeness (QED) is 0.767. The average Bonchev–Trinajstić information content (AvgIpc) is 2.59. The van der Waals surface area contributed by atoms with Crippen molar-refractivity contribution in [3.8, 4) is 0 Å². The van der Waals surface area contributed by atoms with E-state index in [0.717, 1.165) is 12.8 Å². The minimum absolute atomic E-state index is 0.0211. The van der Waals surface area contributed by atoms with Crippen LogP contribution in [0.2, 0.25) is 0 Å². The Labute approximate surface area is 143 Å². The summed E-state index contributed by atoms with van der Waals surface area (Å²) < 4.78 is 0. The van der Waals surface area contributed by atoms with Gasteiger partial charge in [0.1, 0.15) is 0 Å². The first-order valence-corrected chi connectivity index (χ1v) is 8.26. The molecule has 24 heavy (non-hydrogen) atoms. The zero-order valence-corrected chi connectivity index (χ0v) is 14.9. The second-order valence-electron chi connectivity index (χ2n) is 5.87. The van der Waals surface area contributed by atoms with Gasteiger partial charge in [0, 0.05) is 44.2 Å². The molecule has 0 radical (unpaired) electrons. The molecule has 0 spiro atoms. The Morgan fingerprint density at radius 3 is 2.29 bits per heavy atom. The standard InChI is InChI=1S/C18H27N3O3/c1-5-6-7-16(22)20-15-10-8-14(9-11-15)18(24)21(4)13(2)12-17(23)19-3/h8-11,13H,5-7,12H2,1-4H3,(H,19,23)(H,20,22)/t13-/m0/s1. The Kier molecular flexibility index (Phi) is 7.95. The number of amides is 3. The molecule has 2 N–H and O–H groups in total. The van der Waals surface area contributed by atoms with Gasteiger partial charge in [0.2, 0.25) is 11.8 Å². The van der Waals surface area contributed by atoms with Crippen LogP contribution in [0.15, 0.2) is 24.3 Å². The molecule has 0 fully saturated rings. The Morgan fingerprint density at radius 2 is 1.75 bits per heavy atom. The van der Waals surface area contributed by atoms with Crippen molar-refractivity contribution in [3.05, 3.63) is 29.8 Å². The van der Waals surface area contributed by atoms with E-state index in [9.17, 15) is 14.4 Å². The predicted molar refractivity (Wildman–Crippen MR) is 94.8 cm³/mol. The number of hydrogen-bond donors (Lipinski definition) is 2. The van der Waals surface area contributed by atoms with E-state index < -0.39 is 0 Å². The van der Waals surface area contributed by atoms with Gasteiger partial charge in [-0.1, -0.05) is 13.3 Å². The van der Waals surface area contributed by atoms with Crippen molar-refractivity contribution in [3.63, 3.8) is 0 Å². The van der Waals surface area contributed by atoms with Gasteiger partial charge in [-0.2, -0.15) is 0 Å². The Bertz CT molecular complexity index is 569. The fourth-order valence-electron chi connectivity index (χ4n) is 2.17. The number of carbonyl (C=O) groups is 3. The molecule has 0 aliphatic rings. The highest BCUT2D eigenvalue weighted by Crippen LogP contribution is 2.14. The summed E-state index contributed by atoms with van der Waals surface area (Å²) in [6.07, 6.45) is 2.58. The minimum Gasteiger partial charge on any atom is -0.359 e. The lowest BCUT2D eigenvalue weighted by molar-refractivity contribution is -0.121. The molecule has 0 aliphatic carbocycles. The van der Waals surface area contributed by atoms with Crippen LogP contribution in [0.1, 0.15) is 49.9 Å². The van der Waals surface area contributed by atoms with Crippen LogP contribution in [0.3, 0.4) is 0 Å². The molecule has 0 unspecified atom stereocenters. The monoisotopic (exact) mass is 333 g/mol. The first kappa shape index (κ1) is 19.7. The Balaban J connectivity index is 2.65. The number of hydrogen-bond acceptors (Lipinski definition) is 3. The van der Waals surface area contributed by atoms with E-state index in [0.29, 0.717) is 17.7 Å². The fourth-order valence-corrected chi connectivity index (χ4v) is 2.17. The van der Waals surface area contributed by atoms with Crippen molar-refractivity contribution in [1.29, 1.82) is 0 Å². The van der Waals surface area contributed by atoms with Crippen molar-refractivity contribution in [2.75, 3.05) is 19.4 Å². The van der Waals surface area contributed by atoms with Gasteiger partial charge >= 0.3 is 0 Å². The van der Waals surface area contributed by atoms with Crippen molar-refractivity contribution < 1.29 is 14.4 Å². The van der Waals surface area contributed by atoms with Crippen LogP contribution < -0.4 is 10.6 Å². The molecule has 0 saturated heterocycles. The molecule has 6 heteroatoms. The number of benzene rings is 1. The lowest BCUT2D eigenvalue weighted by Crippen LogP contribution is -2.38. The summed E-state index contributed by atoms with van der Waals surface area (Å²) in [5, 5.41) is 5.36. The summed E-state index contributed by atoms with van der Waals surface area (Å²) in [5.74, 6) is -0.283. The normalized spacial score (nSPS) is 11.5. The third-order valence-electron chi connectivity index (χ3n) is 3.91. The number of anilines is 1. The van der Waals surface area contributed by atoms with Crippen molar-refractivity contribution in [2.24, 2.45) is 0 Å². The highest BCUT2D eigenvalue weighted by molar-refractivity contribution is 5.96. The van der Waals surface area contributed by atoms with Crippen LogP contribution in [-0.2, 0) is 9.59 Å². The van der Waals surface area contributed by atoms with E-state index in [1.54, 1.807) is 43.3 Å². The van der Waals surface area contributed by atoms with Gasteiger partial charge < -0.3 is 15.5 Å². The van der Waals surface area contributed by atoms with Gasteiger partial charge in [-0.05, 0) is 37.6 Å². The van der Waals surface area contributed by atoms with E-state index in [2.05, 4.69) is 10.6 Å². The smallest absolute Gasteiger partial charge is 0.253 e. The molecular formula is C18H27N3O3. The zero-order chi connectivity index (χ0) is 18.1. The number of nitrogens with one attached hydrogen (secondary N) is 2. The molecule has 0 bridgehead atoms. The maximum Gasteiger partial charge on any atom is 0.253 e. The van der Waals surface area contributed by atoms with E-state index in [4.69, 9.17) is 0 Å². The van der Waals surface area contributed by atoms with Crippen LogP contribution >= 0.6 is 0 Å². The summed E-state index contributed by atoms with van der Waals surface area (Å²) in [4.78, 5) is 37.1. The van der Waals surface area contributed by atoms with Gasteiger partial charge in [0.05, 0.1) is 0 Å². The molecule has 1 aromatic carbocycles. The Hall–Kier alpha value is -2.37. The van der Waals surface area contributed by atoms with E-state index in [1.807, 2.05) is 13.8 Å². The highest BCUT2D eigenvalue weighted by Gasteiger charge is 2.19. The maximum absolute atomic E-state index is 12.4. The third-order valence-corrected chi connectivity index (χ3v) is 3.91. The second kappa shape index (κ2) is 9.70. The summed E-state index contributed by atoms with van der Waals surface area (Å²) in [6, 6.07) is 6.59. The van der Waals surface area contributed by atoms with Gasteiger partial charge in [-0.3, -0.25) is 14.4 Å². The molecule has 0 heterocycles.